The average Bonchev–Trinajstić information content (AvgIpc) is 1.99. The minimum Gasteiger partial charge on any atom is -0.463 e. The maximum Gasteiger partial charge on any atom is 0.319 e. The summed E-state index contributed by atoms with van der Waals surface area (Å²) in [6.45, 7) is -0.287. The first kappa shape index (κ1) is 9.06. The van der Waals surface area contributed by atoms with Crippen molar-refractivity contribution in [3.8, 4) is 0 Å². The van der Waals surface area contributed by atoms with Crippen LogP contribution in [0, 0.1) is 0 Å². The van der Waals surface area contributed by atoms with Gasteiger partial charge in [-0.25, -0.2) is 0 Å². The van der Waals surface area contributed by atoms with Crippen molar-refractivity contribution in [3.05, 3.63) is 0 Å². The van der Waals surface area contributed by atoms with Gasteiger partial charge in [-0.2, -0.15) is 0 Å². The highest BCUT2D eigenvalue weighted by Gasteiger charge is 2.03. The quantitative estimate of drug-likeness (QED) is 0.354. The summed E-state index contributed by atoms with van der Waals surface area (Å²) in [7, 11) is 0. The maximum absolute atomic E-state index is 10.3. The highest BCUT2D eigenvalue weighted by Crippen LogP contribution is 1.77. The monoisotopic (exact) mass is 146 g/mol. The van der Waals surface area contributed by atoms with Crippen molar-refractivity contribution in [2.75, 3.05) is 13.2 Å². The number of esters is 1. The Morgan fingerprint density at radius 2 is 2.30 bits per heavy atom. The van der Waals surface area contributed by atoms with E-state index in [9.17, 15) is 9.59 Å². The van der Waals surface area contributed by atoms with E-state index in [1.54, 1.807) is 0 Å². The first-order valence-electron chi connectivity index (χ1n) is 2.77. The zero-order valence-electron chi connectivity index (χ0n) is 5.45. The molecule has 0 bridgehead atoms. The second-order valence-corrected chi connectivity index (χ2v) is 1.69. The lowest BCUT2D eigenvalue weighted by molar-refractivity contribution is -0.142. The lowest BCUT2D eigenvalue weighted by atomic mass is 10.4. The molecule has 0 saturated carbocycles. The van der Waals surface area contributed by atoms with Gasteiger partial charge in [-0.15, -0.1) is 0 Å². The summed E-state index contributed by atoms with van der Waals surface area (Å²) >= 11 is 0. The van der Waals surface area contributed by atoms with Crippen molar-refractivity contribution in [1.82, 2.24) is 0 Å². The van der Waals surface area contributed by atoms with Crippen molar-refractivity contribution >= 4 is 12.3 Å². The van der Waals surface area contributed by atoms with E-state index in [1.807, 2.05) is 0 Å². The van der Waals surface area contributed by atoms with Crippen LogP contribution in [0.1, 0.15) is 0 Å². The van der Waals surface area contributed by atoms with E-state index in [-0.39, 0.29) is 13.2 Å². The van der Waals surface area contributed by atoms with Gasteiger partial charge in [0.2, 0.25) is 0 Å². The zero-order chi connectivity index (χ0) is 7.98. The normalized spacial score (nSPS) is 12.2. The van der Waals surface area contributed by atoms with Crippen LogP contribution in [0.2, 0.25) is 0 Å². The molecule has 10 heavy (non-hydrogen) atoms. The Kier molecular flexibility index (Phi) is 4.43. The van der Waals surface area contributed by atoms with Crippen LogP contribution in [0.15, 0.2) is 0 Å². The van der Waals surface area contributed by atoms with Crippen molar-refractivity contribution < 1.29 is 14.3 Å². The summed E-state index contributed by atoms with van der Waals surface area (Å²) in [6.07, 6.45) is 0.504. The summed E-state index contributed by atoms with van der Waals surface area (Å²) in [5.74, 6) is -0.558. The van der Waals surface area contributed by atoms with E-state index in [0.29, 0.717) is 6.29 Å². The molecule has 0 unspecified atom stereocenters. The minimum atomic E-state index is -0.740. The van der Waals surface area contributed by atoms with Crippen LogP contribution in [0.4, 0.5) is 0 Å². The summed E-state index contributed by atoms with van der Waals surface area (Å²) in [6, 6.07) is -0.740. The van der Waals surface area contributed by atoms with E-state index in [0.717, 1.165) is 0 Å². The Bertz CT molecular complexity index is 126. The van der Waals surface area contributed by atoms with Crippen molar-refractivity contribution in [3.63, 3.8) is 0 Å². The Hall–Kier alpha value is -0.940. The molecule has 0 aliphatic heterocycles. The van der Waals surface area contributed by atoms with Crippen LogP contribution >= 0.6 is 0 Å². The minimum absolute atomic E-state index is 0.0977. The molecule has 0 aromatic carbocycles. The van der Waals surface area contributed by atoms with Gasteiger partial charge in [-0.05, 0) is 0 Å². The number of hydrogen-bond donors (Lipinski definition) is 2. The second-order valence-electron chi connectivity index (χ2n) is 1.69. The molecule has 5 heteroatoms. The van der Waals surface area contributed by atoms with Gasteiger partial charge in [0.25, 0.3) is 0 Å². The average molecular weight is 146 g/mol. The fraction of sp³-hybridized carbons (Fsp3) is 0.600. The maximum atomic E-state index is 10.3. The predicted octanol–water partition coefficient (Wildman–Crippen LogP) is -1.99. The molecule has 0 radical (unpaired) electrons. The molecular formula is C5H10N2O3. The van der Waals surface area contributed by atoms with E-state index in [1.165, 1.54) is 0 Å². The Balaban J connectivity index is 3.34. The molecule has 0 heterocycles. The van der Waals surface area contributed by atoms with Gasteiger partial charge in [-0.3, -0.25) is 4.79 Å². The number of rotatable bonds is 4. The Morgan fingerprint density at radius 3 is 2.70 bits per heavy atom. The van der Waals surface area contributed by atoms with E-state index in [4.69, 9.17) is 11.5 Å². The smallest absolute Gasteiger partial charge is 0.319 e. The number of ether oxygens (including phenoxy) is 1. The molecule has 0 spiro atoms. The number of nitrogens with two attached hydrogens (primary N) is 2. The van der Waals surface area contributed by atoms with Crippen LogP contribution in [0.5, 0.6) is 0 Å². The van der Waals surface area contributed by atoms with Gasteiger partial charge >= 0.3 is 5.97 Å². The van der Waals surface area contributed by atoms with Gasteiger partial charge < -0.3 is 21.0 Å². The van der Waals surface area contributed by atoms with Gasteiger partial charge in [0.1, 0.15) is 12.9 Å². The van der Waals surface area contributed by atoms with E-state index in [2.05, 4.69) is 4.74 Å². The molecule has 0 saturated heterocycles. The molecule has 0 fully saturated rings. The van der Waals surface area contributed by atoms with Crippen LogP contribution in [0.25, 0.3) is 0 Å². The standard InChI is InChI=1S/C5H10N2O3/c6-1-5(9)10-3-4(7)2-8/h2,4H,1,3,6-7H2/t4-/m1/s1. The fourth-order valence-corrected chi connectivity index (χ4v) is 0.287. The topological polar surface area (TPSA) is 95.4 Å². The lowest BCUT2D eigenvalue weighted by Crippen LogP contribution is -2.30. The summed E-state index contributed by atoms with van der Waals surface area (Å²) in [5.41, 5.74) is 9.99. The summed E-state index contributed by atoms with van der Waals surface area (Å²) in [4.78, 5) is 20.2. The molecule has 0 aromatic heterocycles. The highest BCUT2D eigenvalue weighted by atomic mass is 16.5. The fourth-order valence-electron chi connectivity index (χ4n) is 0.287. The lowest BCUT2D eigenvalue weighted by Gasteiger charge is -2.03. The first-order chi connectivity index (χ1) is 4.70. The number of carbonyl (C=O) groups excluding carboxylic acids is 2. The van der Waals surface area contributed by atoms with Crippen LogP contribution in [-0.2, 0) is 14.3 Å². The number of aldehydes is 1. The second kappa shape index (κ2) is 4.89. The van der Waals surface area contributed by atoms with Crippen molar-refractivity contribution in [1.29, 1.82) is 0 Å². The molecule has 0 rings (SSSR count). The highest BCUT2D eigenvalue weighted by molar-refractivity contribution is 5.71. The van der Waals surface area contributed by atoms with E-state index < -0.39 is 12.0 Å². The van der Waals surface area contributed by atoms with Crippen molar-refractivity contribution in [2.24, 2.45) is 11.5 Å². The summed E-state index contributed by atoms with van der Waals surface area (Å²) in [5, 5.41) is 0. The molecule has 5 nitrogen and oxygen atoms in total. The summed E-state index contributed by atoms with van der Waals surface area (Å²) < 4.78 is 4.42. The molecule has 0 aliphatic rings. The SMILES string of the molecule is NCC(=O)OC[C@H](N)C=O. The molecule has 0 aromatic rings. The molecule has 1 atom stereocenters. The van der Waals surface area contributed by atoms with Crippen LogP contribution in [-0.4, -0.2) is 31.4 Å². The molecule has 0 aliphatic carbocycles. The predicted molar refractivity (Wildman–Crippen MR) is 34.1 cm³/mol. The van der Waals surface area contributed by atoms with Gasteiger partial charge in [0.05, 0.1) is 12.6 Å². The Labute approximate surface area is 58.3 Å². The largest absolute Gasteiger partial charge is 0.463 e. The third-order valence-electron chi connectivity index (χ3n) is 0.778. The third-order valence-corrected chi connectivity index (χ3v) is 0.778. The third kappa shape index (κ3) is 3.99. The van der Waals surface area contributed by atoms with Crippen molar-refractivity contribution in [2.45, 2.75) is 6.04 Å². The number of hydrogen-bond acceptors (Lipinski definition) is 5. The first-order valence-corrected chi connectivity index (χ1v) is 2.77. The van der Waals surface area contributed by atoms with Gasteiger partial charge in [0.15, 0.2) is 0 Å². The number of carbonyl (C=O) groups is 2. The van der Waals surface area contributed by atoms with Crippen LogP contribution in [0.3, 0.4) is 0 Å². The van der Waals surface area contributed by atoms with Gasteiger partial charge in [-0.1, -0.05) is 0 Å². The zero-order valence-corrected chi connectivity index (χ0v) is 5.45. The molecule has 58 valence electrons. The Morgan fingerprint density at radius 1 is 1.70 bits per heavy atom. The van der Waals surface area contributed by atoms with E-state index >= 15 is 0 Å². The van der Waals surface area contributed by atoms with Crippen LogP contribution < -0.4 is 11.5 Å². The molecular weight excluding hydrogens is 136 g/mol. The van der Waals surface area contributed by atoms with Gasteiger partial charge in [0, 0.05) is 0 Å². The molecule has 0 amide bonds. The molecule has 4 N–H and O–H groups in total.